The van der Waals surface area contributed by atoms with Gasteiger partial charge in [-0.25, -0.2) is 13.2 Å². The fraction of sp³-hybridized carbons (Fsp3) is 0.615. The summed E-state index contributed by atoms with van der Waals surface area (Å²) < 4.78 is 33.0. The fourth-order valence-corrected chi connectivity index (χ4v) is 6.46. The molecule has 1 aliphatic carbocycles. The third-order valence-corrected chi connectivity index (χ3v) is 7.44. The lowest BCUT2D eigenvalue weighted by Crippen LogP contribution is -2.51. The van der Waals surface area contributed by atoms with Gasteiger partial charge in [0, 0.05) is 6.54 Å². The second-order valence-electron chi connectivity index (χ2n) is 5.41. The van der Waals surface area contributed by atoms with Gasteiger partial charge in [-0.1, -0.05) is 0 Å². The summed E-state index contributed by atoms with van der Waals surface area (Å²) in [5, 5.41) is 10.8. The van der Waals surface area contributed by atoms with Crippen LogP contribution in [0.15, 0.2) is 10.3 Å². The van der Waals surface area contributed by atoms with Crippen molar-refractivity contribution in [1.82, 2.24) is 4.31 Å². The lowest BCUT2D eigenvalue weighted by Gasteiger charge is -2.36. The number of carboxylic acid groups (broad SMARTS) is 1. The molecule has 116 valence electrons. The van der Waals surface area contributed by atoms with Gasteiger partial charge in [-0.05, 0) is 37.1 Å². The van der Waals surface area contributed by atoms with Gasteiger partial charge in [-0.15, -0.1) is 11.3 Å². The van der Waals surface area contributed by atoms with Crippen molar-refractivity contribution in [3.05, 3.63) is 15.8 Å². The Morgan fingerprint density at radius 2 is 2.24 bits per heavy atom. The molecule has 2 atom stereocenters. The normalized spacial score (nSPS) is 26.7. The van der Waals surface area contributed by atoms with Crippen LogP contribution in [-0.4, -0.2) is 49.1 Å². The number of aromatic carboxylic acids is 1. The number of hydrogen-bond acceptors (Lipinski definition) is 5. The minimum Gasteiger partial charge on any atom is -0.477 e. The number of morpholine rings is 1. The second kappa shape index (κ2) is 5.35. The van der Waals surface area contributed by atoms with Crippen LogP contribution in [0, 0.1) is 6.92 Å². The molecule has 2 unspecified atom stereocenters. The Balaban J connectivity index is 2.04. The summed E-state index contributed by atoms with van der Waals surface area (Å²) >= 11 is 0.964. The molecular weight excluding hydrogens is 314 g/mol. The van der Waals surface area contributed by atoms with E-state index in [1.807, 2.05) is 0 Å². The van der Waals surface area contributed by atoms with E-state index < -0.39 is 16.0 Å². The smallest absolute Gasteiger partial charge is 0.347 e. The summed E-state index contributed by atoms with van der Waals surface area (Å²) in [7, 11) is -3.80. The van der Waals surface area contributed by atoms with Crippen LogP contribution in [0.25, 0.3) is 0 Å². The number of hydrogen-bond donors (Lipinski definition) is 1. The topological polar surface area (TPSA) is 83.9 Å². The van der Waals surface area contributed by atoms with Crippen molar-refractivity contribution in [2.24, 2.45) is 0 Å². The zero-order chi connectivity index (χ0) is 15.2. The van der Waals surface area contributed by atoms with Crippen molar-refractivity contribution < 1.29 is 23.1 Å². The summed E-state index contributed by atoms with van der Waals surface area (Å²) in [4.78, 5) is 11.1. The number of carboxylic acids is 1. The average Bonchev–Trinajstić information content (AvgIpc) is 3.03. The van der Waals surface area contributed by atoms with Crippen molar-refractivity contribution in [3.63, 3.8) is 0 Å². The minimum atomic E-state index is -3.80. The maximum atomic E-state index is 13.0. The van der Waals surface area contributed by atoms with Crippen LogP contribution in [0.2, 0.25) is 0 Å². The average molecular weight is 331 g/mol. The van der Waals surface area contributed by atoms with Gasteiger partial charge in [0.1, 0.15) is 9.77 Å². The van der Waals surface area contributed by atoms with Gasteiger partial charge >= 0.3 is 5.97 Å². The summed E-state index contributed by atoms with van der Waals surface area (Å²) in [6.45, 7) is 2.30. The Morgan fingerprint density at radius 3 is 2.95 bits per heavy atom. The molecular formula is C13H17NO5S2. The highest BCUT2D eigenvalue weighted by Crippen LogP contribution is 2.36. The van der Waals surface area contributed by atoms with Crippen LogP contribution < -0.4 is 0 Å². The molecule has 3 rings (SSSR count). The molecule has 2 heterocycles. The summed E-state index contributed by atoms with van der Waals surface area (Å²) in [6.07, 6.45) is 2.52. The third kappa shape index (κ3) is 2.40. The van der Waals surface area contributed by atoms with Crippen molar-refractivity contribution in [3.8, 4) is 0 Å². The quantitative estimate of drug-likeness (QED) is 0.911. The first-order valence-corrected chi connectivity index (χ1v) is 9.19. The van der Waals surface area contributed by atoms with E-state index in [4.69, 9.17) is 4.74 Å². The number of fused-ring (bicyclic) bond motifs is 1. The second-order valence-corrected chi connectivity index (χ2v) is 8.11. The van der Waals surface area contributed by atoms with Crippen LogP contribution in [0.4, 0.5) is 0 Å². The van der Waals surface area contributed by atoms with E-state index in [-0.39, 0.29) is 28.5 Å². The summed E-state index contributed by atoms with van der Waals surface area (Å²) in [5.74, 6) is -1.19. The number of thiophene rings is 1. The standard InChI is InChI=1S/C13H17NO5S2/c1-8-7-20-11(13(15)16)12(8)21(17,18)14-5-6-19-10-4-2-3-9(10)14/h7,9-10H,2-6H2,1H3,(H,15,16). The molecule has 0 spiro atoms. The molecule has 1 aliphatic heterocycles. The Bertz CT molecular complexity index is 666. The van der Waals surface area contributed by atoms with E-state index in [2.05, 4.69) is 0 Å². The van der Waals surface area contributed by atoms with E-state index in [9.17, 15) is 18.3 Å². The third-order valence-electron chi connectivity index (χ3n) is 4.11. The molecule has 1 saturated carbocycles. The largest absolute Gasteiger partial charge is 0.477 e. The molecule has 0 amide bonds. The molecule has 0 aromatic carbocycles. The van der Waals surface area contributed by atoms with Gasteiger partial charge in [0.15, 0.2) is 0 Å². The van der Waals surface area contributed by atoms with Crippen LogP contribution in [0.1, 0.15) is 34.5 Å². The highest BCUT2D eigenvalue weighted by molar-refractivity contribution is 7.89. The molecule has 6 nitrogen and oxygen atoms in total. The van der Waals surface area contributed by atoms with Gasteiger partial charge < -0.3 is 9.84 Å². The zero-order valence-electron chi connectivity index (χ0n) is 11.6. The van der Waals surface area contributed by atoms with E-state index >= 15 is 0 Å². The molecule has 2 aliphatic rings. The van der Waals surface area contributed by atoms with Gasteiger partial charge in [0.2, 0.25) is 10.0 Å². The Kier molecular flexibility index (Phi) is 3.81. The van der Waals surface area contributed by atoms with Crippen molar-refractivity contribution >= 4 is 27.3 Å². The van der Waals surface area contributed by atoms with Crippen LogP contribution in [0.5, 0.6) is 0 Å². The van der Waals surface area contributed by atoms with Crippen molar-refractivity contribution in [2.45, 2.75) is 43.2 Å². The zero-order valence-corrected chi connectivity index (χ0v) is 13.2. The van der Waals surface area contributed by atoms with Crippen molar-refractivity contribution in [2.75, 3.05) is 13.2 Å². The van der Waals surface area contributed by atoms with Gasteiger partial charge in [0.05, 0.1) is 18.8 Å². The SMILES string of the molecule is Cc1csc(C(=O)O)c1S(=O)(=O)N1CCOC2CCCC21. The molecule has 8 heteroatoms. The highest BCUT2D eigenvalue weighted by Gasteiger charge is 2.44. The van der Waals surface area contributed by atoms with Gasteiger partial charge in [0.25, 0.3) is 0 Å². The predicted molar refractivity (Wildman–Crippen MR) is 77.3 cm³/mol. The van der Waals surface area contributed by atoms with E-state index in [1.54, 1.807) is 12.3 Å². The lowest BCUT2D eigenvalue weighted by atomic mass is 10.2. The Morgan fingerprint density at radius 1 is 1.48 bits per heavy atom. The molecule has 0 radical (unpaired) electrons. The van der Waals surface area contributed by atoms with E-state index in [0.29, 0.717) is 12.2 Å². The minimum absolute atomic E-state index is 0.0486. The number of nitrogens with zero attached hydrogens (tertiary/aromatic N) is 1. The summed E-state index contributed by atoms with van der Waals surface area (Å²) in [5.41, 5.74) is 0.499. The number of sulfonamides is 1. The first-order valence-electron chi connectivity index (χ1n) is 6.87. The van der Waals surface area contributed by atoms with Crippen molar-refractivity contribution in [1.29, 1.82) is 0 Å². The van der Waals surface area contributed by atoms with Crippen LogP contribution >= 0.6 is 11.3 Å². The highest BCUT2D eigenvalue weighted by atomic mass is 32.2. The first kappa shape index (κ1) is 15.0. The lowest BCUT2D eigenvalue weighted by molar-refractivity contribution is -0.0241. The van der Waals surface area contributed by atoms with Gasteiger partial charge in [-0.2, -0.15) is 4.31 Å². The maximum absolute atomic E-state index is 13.0. The van der Waals surface area contributed by atoms with Crippen LogP contribution in [0.3, 0.4) is 0 Å². The Hall–Kier alpha value is -0.960. The van der Waals surface area contributed by atoms with E-state index in [0.717, 1.165) is 30.6 Å². The number of rotatable bonds is 3. The molecule has 1 aromatic heterocycles. The molecule has 2 fully saturated rings. The molecule has 1 saturated heterocycles. The summed E-state index contributed by atoms with van der Waals surface area (Å²) in [6, 6.07) is -0.162. The van der Waals surface area contributed by atoms with Gasteiger partial charge in [-0.3, -0.25) is 0 Å². The maximum Gasteiger partial charge on any atom is 0.347 e. The fourth-order valence-electron chi connectivity index (χ4n) is 3.21. The number of ether oxygens (including phenoxy) is 1. The Labute approximate surface area is 127 Å². The van der Waals surface area contributed by atoms with E-state index in [1.165, 1.54) is 4.31 Å². The number of carbonyl (C=O) groups is 1. The molecule has 0 bridgehead atoms. The molecule has 21 heavy (non-hydrogen) atoms. The predicted octanol–water partition coefficient (Wildman–Crippen LogP) is 1.70. The molecule has 1 aromatic rings. The number of aryl methyl sites for hydroxylation is 1. The van der Waals surface area contributed by atoms with Crippen LogP contribution in [-0.2, 0) is 14.8 Å². The molecule has 1 N–H and O–H groups in total. The first-order chi connectivity index (χ1) is 9.93. The monoisotopic (exact) mass is 331 g/mol.